The van der Waals surface area contributed by atoms with Crippen LogP contribution in [0.2, 0.25) is 20.4 Å². The third-order valence-corrected chi connectivity index (χ3v) is 4.22. The number of carbonyl (C=O) groups excluding carboxylic acids is 1. The van der Waals surface area contributed by atoms with Gasteiger partial charge in [-0.1, -0.05) is 46.4 Å². The minimum atomic E-state index is -1.07. The van der Waals surface area contributed by atoms with Crippen molar-refractivity contribution < 1.29 is 24.4 Å². The molecular formula is C16H18Cl4N4O5. The Bertz CT molecular complexity index is 824. The minimum Gasteiger partial charge on any atom is -0.478 e. The summed E-state index contributed by atoms with van der Waals surface area (Å²) in [4.78, 5) is 38.1. The molecule has 0 bridgehead atoms. The molecule has 29 heavy (non-hydrogen) atoms. The van der Waals surface area contributed by atoms with Crippen LogP contribution in [0, 0.1) is 0 Å². The number of carbonyl (C=O) groups is 2. The van der Waals surface area contributed by atoms with Crippen molar-refractivity contribution in [2.24, 2.45) is 0 Å². The number of hydrogen-bond acceptors (Lipinski definition) is 7. The molecule has 160 valence electrons. The third kappa shape index (κ3) is 10.0. The standard InChI is InChI=1S/C8H8Cl2N2O2.C6H3Cl2NO2.C2H7NO/c1-12(14-2)8(13)5-3-6(9)7(10)11-4-5;7-4-1-3(6(10)11)2-9-5(4)8;1-3-4-2/h3-4H,1-2H3;1-2H,(H,10,11);3H,1-2H3. The van der Waals surface area contributed by atoms with Crippen LogP contribution in [0.15, 0.2) is 24.5 Å². The second-order valence-electron chi connectivity index (χ2n) is 4.69. The topological polar surface area (TPSA) is 114 Å². The van der Waals surface area contributed by atoms with Gasteiger partial charge >= 0.3 is 5.97 Å². The highest BCUT2D eigenvalue weighted by Gasteiger charge is 2.13. The molecule has 2 N–H and O–H groups in total. The Labute approximate surface area is 187 Å². The number of amides is 1. The summed E-state index contributed by atoms with van der Waals surface area (Å²) in [6.07, 6.45) is 2.49. The van der Waals surface area contributed by atoms with Gasteiger partial charge in [-0.15, -0.1) is 0 Å². The molecule has 0 aliphatic rings. The van der Waals surface area contributed by atoms with Gasteiger partial charge in [0.1, 0.15) is 10.3 Å². The highest BCUT2D eigenvalue weighted by Crippen LogP contribution is 2.20. The maximum atomic E-state index is 11.5. The van der Waals surface area contributed by atoms with Crippen LogP contribution in [0.5, 0.6) is 0 Å². The molecule has 1 amide bonds. The van der Waals surface area contributed by atoms with E-state index in [-0.39, 0.29) is 31.8 Å². The van der Waals surface area contributed by atoms with Crippen LogP contribution in [0.25, 0.3) is 0 Å². The van der Waals surface area contributed by atoms with Gasteiger partial charge in [-0.05, 0) is 12.1 Å². The van der Waals surface area contributed by atoms with Gasteiger partial charge in [0.25, 0.3) is 5.91 Å². The van der Waals surface area contributed by atoms with Crippen molar-refractivity contribution in [3.05, 3.63) is 56.0 Å². The molecule has 0 spiro atoms. The molecule has 0 atom stereocenters. The third-order valence-electron chi connectivity index (χ3n) is 2.85. The lowest BCUT2D eigenvalue weighted by Gasteiger charge is -2.13. The first-order valence-corrected chi connectivity index (χ1v) is 8.97. The van der Waals surface area contributed by atoms with Crippen LogP contribution in [-0.4, -0.2) is 60.3 Å². The summed E-state index contributed by atoms with van der Waals surface area (Å²) in [5.41, 5.74) is 2.78. The second-order valence-corrected chi connectivity index (χ2v) is 6.22. The van der Waals surface area contributed by atoms with Crippen LogP contribution in [0.3, 0.4) is 0 Å². The Morgan fingerprint density at radius 2 is 1.41 bits per heavy atom. The van der Waals surface area contributed by atoms with Crippen molar-refractivity contribution in [3.63, 3.8) is 0 Å². The molecule has 0 fully saturated rings. The normalized spacial score (nSPS) is 9.52. The van der Waals surface area contributed by atoms with E-state index in [0.29, 0.717) is 5.56 Å². The highest BCUT2D eigenvalue weighted by molar-refractivity contribution is 6.41. The summed E-state index contributed by atoms with van der Waals surface area (Å²) in [7, 11) is 6.16. The lowest BCUT2D eigenvalue weighted by molar-refractivity contribution is -0.0757. The number of nitrogens with one attached hydrogen (secondary N) is 1. The SMILES string of the molecule is CNOC.CON(C)C(=O)c1cnc(Cl)c(Cl)c1.O=C(O)c1cnc(Cl)c(Cl)c1. The van der Waals surface area contributed by atoms with E-state index in [1.807, 2.05) is 0 Å². The predicted molar refractivity (Wildman–Crippen MR) is 111 cm³/mol. The zero-order valence-electron chi connectivity index (χ0n) is 15.7. The Kier molecular flexibility index (Phi) is 13.4. The zero-order valence-corrected chi connectivity index (χ0v) is 18.8. The lowest BCUT2D eigenvalue weighted by Crippen LogP contribution is -2.25. The number of carboxylic acid groups (broad SMARTS) is 1. The van der Waals surface area contributed by atoms with E-state index in [0.717, 1.165) is 11.3 Å². The first-order valence-electron chi connectivity index (χ1n) is 7.46. The number of nitrogens with zero attached hydrogens (tertiary/aromatic N) is 3. The minimum absolute atomic E-state index is 0.0272. The number of hydrogen-bond donors (Lipinski definition) is 2. The zero-order chi connectivity index (χ0) is 22.6. The van der Waals surface area contributed by atoms with Crippen molar-refractivity contribution in [1.82, 2.24) is 20.5 Å². The summed E-state index contributed by atoms with van der Waals surface area (Å²) in [5, 5.41) is 10.2. The number of aromatic carboxylic acids is 1. The Balaban J connectivity index is 0.000000466. The van der Waals surface area contributed by atoms with E-state index in [1.54, 1.807) is 14.2 Å². The molecule has 0 aliphatic heterocycles. The van der Waals surface area contributed by atoms with E-state index in [1.165, 1.54) is 32.5 Å². The molecule has 0 aliphatic carbocycles. The number of pyridine rings is 2. The average Bonchev–Trinajstić information content (AvgIpc) is 2.71. The highest BCUT2D eigenvalue weighted by atomic mass is 35.5. The Hall–Kier alpha value is -1.72. The molecule has 2 aromatic rings. The summed E-state index contributed by atoms with van der Waals surface area (Å²) in [6, 6.07) is 2.69. The fraction of sp³-hybridized carbons (Fsp3) is 0.250. The predicted octanol–water partition coefficient (Wildman–Crippen LogP) is 3.88. The number of aromatic nitrogens is 2. The van der Waals surface area contributed by atoms with Crippen LogP contribution < -0.4 is 5.48 Å². The fourth-order valence-corrected chi connectivity index (χ4v) is 1.88. The first-order chi connectivity index (χ1) is 13.6. The summed E-state index contributed by atoms with van der Waals surface area (Å²) >= 11 is 22.2. The largest absolute Gasteiger partial charge is 0.478 e. The number of hydroxylamine groups is 3. The first kappa shape index (κ1) is 27.3. The molecule has 0 aromatic carbocycles. The van der Waals surface area contributed by atoms with E-state index in [4.69, 9.17) is 56.3 Å². The summed E-state index contributed by atoms with van der Waals surface area (Å²) < 4.78 is 0. The van der Waals surface area contributed by atoms with Crippen molar-refractivity contribution in [2.75, 3.05) is 28.3 Å². The van der Waals surface area contributed by atoms with E-state index in [9.17, 15) is 9.59 Å². The molecule has 9 nitrogen and oxygen atoms in total. The molecule has 0 unspecified atom stereocenters. The molecule has 0 saturated heterocycles. The molecule has 2 heterocycles. The van der Waals surface area contributed by atoms with Gasteiger partial charge in [0, 0.05) is 26.5 Å². The van der Waals surface area contributed by atoms with Gasteiger partial charge in [0.15, 0.2) is 0 Å². The number of rotatable bonds is 4. The van der Waals surface area contributed by atoms with Crippen LogP contribution in [0.4, 0.5) is 0 Å². The van der Waals surface area contributed by atoms with Crippen LogP contribution in [-0.2, 0) is 9.68 Å². The number of halogens is 4. The molecule has 0 radical (unpaired) electrons. The van der Waals surface area contributed by atoms with Crippen LogP contribution >= 0.6 is 46.4 Å². The smallest absolute Gasteiger partial charge is 0.337 e. The van der Waals surface area contributed by atoms with Gasteiger partial charge < -0.3 is 9.94 Å². The second kappa shape index (κ2) is 14.3. The Morgan fingerprint density at radius 1 is 1.00 bits per heavy atom. The maximum absolute atomic E-state index is 11.5. The average molecular weight is 488 g/mol. The maximum Gasteiger partial charge on any atom is 0.337 e. The Morgan fingerprint density at radius 3 is 1.76 bits per heavy atom. The molecular weight excluding hydrogens is 470 g/mol. The quantitative estimate of drug-likeness (QED) is 0.493. The van der Waals surface area contributed by atoms with Gasteiger partial charge in [-0.2, -0.15) is 0 Å². The van der Waals surface area contributed by atoms with Crippen molar-refractivity contribution in [3.8, 4) is 0 Å². The van der Waals surface area contributed by atoms with Gasteiger partial charge in [-0.3, -0.25) is 9.63 Å². The van der Waals surface area contributed by atoms with Crippen molar-refractivity contribution in [1.29, 1.82) is 0 Å². The van der Waals surface area contributed by atoms with Crippen molar-refractivity contribution in [2.45, 2.75) is 0 Å². The molecule has 0 saturated carbocycles. The molecule has 2 rings (SSSR count). The fourth-order valence-electron chi connectivity index (χ4n) is 1.34. The van der Waals surface area contributed by atoms with Crippen molar-refractivity contribution >= 4 is 58.3 Å². The van der Waals surface area contributed by atoms with E-state index >= 15 is 0 Å². The van der Waals surface area contributed by atoms with Gasteiger partial charge in [0.05, 0.1) is 35.4 Å². The monoisotopic (exact) mass is 486 g/mol. The van der Waals surface area contributed by atoms with E-state index in [2.05, 4.69) is 20.3 Å². The van der Waals surface area contributed by atoms with Crippen LogP contribution in [0.1, 0.15) is 20.7 Å². The lowest BCUT2D eigenvalue weighted by atomic mass is 10.3. The molecule has 2 aromatic heterocycles. The summed E-state index contributed by atoms with van der Waals surface area (Å²) in [6.45, 7) is 0. The molecule has 13 heteroatoms. The summed E-state index contributed by atoms with van der Waals surface area (Å²) in [5.74, 6) is -1.41. The van der Waals surface area contributed by atoms with Gasteiger partial charge in [-0.25, -0.2) is 25.3 Å². The number of carboxylic acids is 1. The van der Waals surface area contributed by atoms with E-state index < -0.39 is 5.97 Å². The van der Waals surface area contributed by atoms with Gasteiger partial charge in [0.2, 0.25) is 0 Å².